The van der Waals surface area contributed by atoms with Gasteiger partial charge in [-0.15, -0.1) is 0 Å². The quantitative estimate of drug-likeness (QED) is 0.655. The van der Waals surface area contributed by atoms with Gasteiger partial charge in [0.25, 0.3) is 0 Å². The fourth-order valence-corrected chi connectivity index (χ4v) is 3.83. The summed E-state index contributed by atoms with van der Waals surface area (Å²) >= 11 is 16.8. The summed E-state index contributed by atoms with van der Waals surface area (Å²) in [5.41, 5.74) is 0. The molecule has 0 aromatic rings. The number of sulfone groups is 1. The first-order valence-corrected chi connectivity index (χ1v) is 6.92. The smallest absolute Gasteiger partial charge is 0.229 e. The average molecular weight is 281 g/mol. The number of halogens is 3. The van der Waals surface area contributed by atoms with Crippen LogP contribution in [0.15, 0.2) is 0 Å². The Hall–Kier alpha value is 0.740. The lowest BCUT2D eigenvalue weighted by molar-refractivity contribution is 0.0544. The topological polar surface area (TPSA) is 55.4 Å². The third kappa shape index (κ3) is 2.13. The van der Waals surface area contributed by atoms with E-state index in [1.54, 1.807) is 0 Å². The van der Waals surface area contributed by atoms with Crippen LogP contribution in [0.3, 0.4) is 0 Å². The molecule has 3 atom stereocenters. The lowest BCUT2D eigenvalue weighted by Gasteiger charge is -2.20. The van der Waals surface area contributed by atoms with E-state index in [4.69, 9.17) is 39.5 Å². The van der Waals surface area contributed by atoms with Crippen molar-refractivity contribution in [3.63, 3.8) is 0 Å². The second kappa shape index (κ2) is 3.37. The number of rotatable bonds is 0. The van der Waals surface area contributed by atoms with Crippen LogP contribution < -0.4 is 5.32 Å². The van der Waals surface area contributed by atoms with E-state index in [1.165, 1.54) is 0 Å². The average Bonchev–Trinajstić information content (AvgIpc) is 2.37. The molecule has 8 heteroatoms. The minimum absolute atomic E-state index is 0.00190. The first-order valence-electron chi connectivity index (χ1n) is 3.96. The van der Waals surface area contributed by atoms with E-state index in [-0.39, 0.29) is 23.7 Å². The monoisotopic (exact) mass is 279 g/mol. The third-order valence-corrected chi connectivity index (χ3v) is 4.57. The highest BCUT2D eigenvalue weighted by atomic mass is 35.6. The molecule has 82 valence electrons. The van der Waals surface area contributed by atoms with Gasteiger partial charge in [-0.2, -0.15) is 0 Å². The van der Waals surface area contributed by atoms with Gasteiger partial charge in [0.15, 0.2) is 16.1 Å². The van der Waals surface area contributed by atoms with Crippen molar-refractivity contribution in [1.82, 2.24) is 5.32 Å². The van der Waals surface area contributed by atoms with Gasteiger partial charge in [0, 0.05) is 0 Å². The van der Waals surface area contributed by atoms with E-state index >= 15 is 0 Å². The van der Waals surface area contributed by atoms with Crippen molar-refractivity contribution in [2.24, 2.45) is 0 Å². The number of alkyl halides is 3. The van der Waals surface area contributed by atoms with Gasteiger partial charge in [0.05, 0.1) is 23.7 Å². The minimum Gasteiger partial charge on any atom is -0.353 e. The highest BCUT2D eigenvalue weighted by molar-refractivity contribution is 7.91. The summed E-state index contributed by atoms with van der Waals surface area (Å²) in [5, 5.41) is 2.85. The molecule has 0 aromatic heterocycles. The van der Waals surface area contributed by atoms with Crippen molar-refractivity contribution in [1.29, 1.82) is 0 Å². The zero-order chi connectivity index (χ0) is 10.6. The normalized spacial score (nSPS) is 41.2. The summed E-state index contributed by atoms with van der Waals surface area (Å²) in [7, 11) is -2.99. The summed E-state index contributed by atoms with van der Waals surface area (Å²) < 4.78 is 26.1. The molecule has 14 heavy (non-hydrogen) atoms. The molecule has 0 spiro atoms. The maximum absolute atomic E-state index is 11.2. The summed E-state index contributed by atoms with van der Waals surface area (Å²) in [5.74, 6) is 0.0524. The molecule has 0 unspecified atom stereocenters. The lowest BCUT2D eigenvalue weighted by atomic mass is 10.2. The first kappa shape index (κ1) is 11.2. The van der Waals surface area contributed by atoms with Crippen LogP contribution in [-0.4, -0.2) is 42.1 Å². The number of hydrogen-bond donors (Lipinski definition) is 1. The number of fused-ring (bicyclic) bond motifs is 1. The maximum atomic E-state index is 11.2. The molecular formula is C6H8Cl3NO3S. The maximum Gasteiger partial charge on any atom is 0.229 e. The number of nitrogens with one attached hydrogen (secondary N) is 1. The summed E-state index contributed by atoms with van der Waals surface area (Å²) in [6.07, 6.45) is -1.11. The fraction of sp³-hybridized carbons (Fsp3) is 1.00. The van der Waals surface area contributed by atoms with Crippen LogP contribution in [0.2, 0.25) is 0 Å². The first-order chi connectivity index (χ1) is 6.28. The molecule has 0 amide bonds. The van der Waals surface area contributed by atoms with E-state index in [2.05, 4.69) is 5.32 Å². The van der Waals surface area contributed by atoms with Crippen LogP contribution in [0.4, 0.5) is 0 Å². The number of ether oxygens (including phenoxy) is 1. The lowest BCUT2D eigenvalue weighted by Crippen LogP contribution is -2.41. The second-order valence-corrected chi connectivity index (χ2v) is 7.97. The molecule has 0 aromatic carbocycles. The highest BCUT2D eigenvalue weighted by Gasteiger charge is 2.50. The molecule has 0 saturated carbocycles. The number of hydrogen-bond acceptors (Lipinski definition) is 4. The van der Waals surface area contributed by atoms with E-state index < -0.39 is 19.9 Å². The Morgan fingerprint density at radius 3 is 2.43 bits per heavy atom. The molecule has 0 radical (unpaired) electrons. The van der Waals surface area contributed by atoms with Crippen LogP contribution in [0, 0.1) is 0 Å². The molecule has 2 aliphatic rings. The highest BCUT2D eigenvalue weighted by Crippen LogP contribution is 2.36. The SMILES string of the molecule is O=S1(=O)C[C@H]2N[C@@H](C(Cl)(Cl)Cl)O[C@@H]2C1. The Bertz CT molecular complexity index is 319. The molecule has 0 bridgehead atoms. The molecule has 2 saturated heterocycles. The van der Waals surface area contributed by atoms with E-state index in [0.29, 0.717) is 0 Å². The second-order valence-electron chi connectivity index (χ2n) is 3.45. The summed E-state index contributed by atoms with van der Waals surface area (Å²) in [6.45, 7) is 0. The van der Waals surface area contributed by atoms with E-state index in [1.807, 2.05) is 0 Å². The van der Waals surface area contributed by atoms with Crippen molar-refractivity contribution in [3.8, 4) is 0 Å². The third-order valence-electron chi connectivity index (χ3n) is 2.27. The van der Waals surface area contributed by atoms with Gasteiger partial charge in [-0.3, -0.25) is 5.32 Å². The van der Waals surface area contributed by atoms with Gasteiger partial charge in [-0.05, 0) is 0 Å². The standard InChI is InChI=1S/C6H8Cl3NO3S/c7-6(8,9)5-10-3-1-14(11,12)2-4(3)13-5/h3-5,10H,1-2H2/t3-,4-,5-/m1/s1. The van der Waals surface area contributed by atoms with E-state index in [0.717, 1.165) is 0 Å². The molecule has 0 aliphatic carbocycles. The Kier molecular flexibility index (Phi) is 2.70. The van der Waals surface area contributed by atoms with Gasteiger partial charge in [0.1, 0.15) is 0 Å². The Morgan fingerprint density at radius 1 is 1.29 bits per heavy atom. The van der Waals surface area contributed by atoms with Crippen LogP contribution in [0.1, 0.15) is 0 Å². The van der Waals surface area contributed by atoms with Crippen molar-refractivity contribution in [2.75, 3.05) is 11.5 Å². The predicted octanol–water partition coefficient (Wildman–Crippen LogP) is 0.468. The van der Waals surface area contributed by atoms with Crippen LogP contribution in [0.25, 0.3) is 0 Å². The summed E-state index contributed by atoms with van der Waals surface area (Å²) in [4.78, 5) is 0. The van der Waals surface area contributed by atoms with Crippen molar-refractivity contribution < 1.29 is 13.2 Å². The Morgan fingerprint density at radius 2 is 1.93 bits per heavy atom. The van der Waals surface area contributed by atoms with Crippen molar-refractivity contribution in [3.05, 3.63) is 0 Å². The van der Waals surface area contributed by atoms with Crippen LogP contribution >= 0.6 is 34.8 Å². The Labute approximate surface area is 96.8 Å². The van der Waals surface area contributed by atoms with E-state index in [9.17, 15) is 8.42 Å². The van der Waals surface area contributed by atoms with Crippen molar-refractivity contribution in [2.45, 2.75) is 22.2 Å². The molecule has 2 rings (SSSR count). The van der Waals surface area contributed by atoms with Crippen molar-refractivity contribution >= 4 is 44.6 Å². The molecular weight excluding hydrogens is 272 g/mol. The molecule has 2 heterocycles. The van der Waals surface area contributed by atoms with Gasteiger partial charge >= 0.3 is 0 Å². The summed E-state index contributed by atoms with van der Waals surface area (Å²) in [6, 6.07) is -0.249. The fourth-order valence-electron chi connectivity index (χ4n) is 1.69. The zero-order valence-corrected chi connectivity index (χ0v) is 10.00. The van der Waals surface area contributed by atoms with Crippen LogP contribution in [-0.2, 0) is 14.6 Å². The van der Waals surface area contributed by atoms with Gasteiger partial charge in [-0.1, -0.05) is 34.8 Å². The molecule has 1 N–H and O–H groups in total. The van der Waals surface area contributed by atoms with Crippen LogP contribution in [0.5, 0.6) is 0 Å². The van der Waals surface area contributed by atoms with Gasteiger partial charge in [-0.25, -0.2) is 8.42 Å². The van der Waals surface area contributed by atoms with Gasteiger partial charge in [0.2, 0.25) is 3.79 Å². The molecule has 2 aliphatic heterocycles. The largest absolute Gasteiger partial charge is 0.353 e. The minimum atomic E-state index is -2.99. The zero-order valence-electron chi connectivity index (χ0n) is 6.91. The predicted molar refractivity (Wildman–Crippen MR) is 54.5 cm³/mol. The molecule has 4 nitrogen and oxygen atoms in total. The Balaban J connectivity index is 2.07. The van der Waals surface area contributed by atoms with Gasteiger partial charge < -0.3 is 4.74 Å². The molecule has 2 fully saturated rings.